The molecular formula is C14H16N2O. The van der Waals surface area contributed by atoms with Crippen LogP contribution < -0.4 is 10.1 Å². The van der Waals surface area contributed by atoms with Gasteiger partial charge in [0.15, 0.2) is 0 Å². The zero-order chi connectivity index (χ0) is 11.5. The van der Waals surface area contributed by atoms with E-state index in [9.17, 15) is 0 Å². The molecule has 0 bridgehead atoms. The van der Waals surface area contributed by atoms with Gasteiger partial charge in [0, 0.05) is 17.8 Å². The second kappa shape index (κ2) is 4.72. The number of nitrogens with zero attached hydrogens (tertiary/aromatic N) is 1. The number of fused-ring (bicyclic) bond motifs is 1. The van der Waals surface area contributed by atoms with Crippen LogP contribution in [-0.4, -0.2) is 24.2 Å². The lowest BCUT2D eigenvalue weighted by atomic mass is 10.1. The van der Waals surface area contributed by atoms with Gasteiger partial charge in [-0.15, -0.1) is 0 Å². The molecule has 1 N–H and O–H groups in total. The van der Waals surface area contributed by atoms with Crippen LogP contribution in [0.15, 0.2) is 36.7 Å². The molecule has 1 saturated heterocycles. The van der Waals surface area contributed by atoms with Crippen LogP contribution in [0.5, 0.6) is 5.75 Å². The number of pyridine rings is 1. The number of hydrogen-bond acceptors (Lipinski definition) is 3. The molecule has 0 amide bonds. The number of rotatable bonds is 2. The summed E-state index contributed by atoms with van der Waals surface area (Å²) >= 11 is 0. The Balaban J connectivity index is 1.89. The van der Waals surface area contributed by atoms with Gasteiger partial charge in [0.25, 0.3) is 0 Å². The number of benzene rings is 1. The highest BCUT2D eigenvalue weighted by atomic mass is 16.5. The van der Waals surface area contributed by atoms with Gasteiger partial charge in [0.2, 0.25) is 0 Å². The van der Waals surface area contributed by atoms with E-state index in [1.165, 1.54) is 5.39 Å². The van der Waals surface area contributed by atoms with Gasteiger partial charge in [-0.05, 0) is 43.5 Å². The van der Waals surface area contributed by atoms with E-state index in [4.69, 9.17) is 4.74 Å². The fraction of sp³-hybridized carbons (Fsp3) is 0.357. The first-order valence-electron chi connectivity index (χ1n) is 6.13. The second-order valence-corrected chi connectivity index (χ2v) is 4.42. The summed E-state index contributed by atoms with van der Waals surface area (Å²) in [5.41, 5.74) is 0. The molecule has 2 aromatic rings. The Morgan fingerprint density at radius 2 is 2.06 bits per heavy atom. The minimum atomic E-state index is 0.335. The van der Waals surface area contributed by atoms with Crippen molar-refractivity contribution in [3.8, 4) is 5.75 Å². The molecule has 1 aromatic carbocycles. The highest BCUT2D eigenvalue weighted by Gasteiger charge is 2.15. The molecule has 1 aromatic heterocycles. The molecule has 0 aliphatic carbocycles. The van der Waals surface area contributed by atoms with Crippen molar-refractivity contribution >= 4 is 10.8 Å². The normalized spacial score (nSPS) is 17.2. The standard InChI is InChI=1S/C14H16N2O/c1-2-11-4-7-16-10-13(11)14(3-1)17-12-5-8-15-9-6-12/h1-4,7,10,12,15H,5-6,8-9H2. The van der Waals surface area contributed by atoms with Crippen LogP contribution in [0.25, 0.3) is 10.8 Å². The predicted molar refractivity (Wildman–Crippen MR) is 68.3 cm³/mol. The highest BCUT2D eigenvalue weighted by Crippen LogP contribution is 2.26. The van der Waals surface area contributed by atoms with Crippen molar-refractivity contribution in [2.75, 3.05) is 13.1 Å². The number of aromatic nitrogens is 1. The Kier molecular flexibility index (Phi) is 2.92. The number of nitrogens with one attached hydrogen (secondary N) is 1. The van der Waals surface area contributed by atoms with Crippen LogP contribution >= 0.6 is 0 Å². The third-order valence-corrected chi connectivity index (χ3v) is 3.22. The van der Waals surface area contributed by atoms with Crippen LogP contribution in [0, 0.1) is 0 Å². The Morgan fingerprint density at radius 1 is 1.18 bits per heavy atom. The van der Waals surface area contributed by atoms with Crippen molar-refractivity contribution in [2.24, 2.45) is 0 Å². The van der Waals surface area contributed by atoms with E-state index in [2.05, 4.69) is 16.4 Å². The van der Waals surface area contributed by atoms with E-state index in [0.717, 1.165) is 37.1 Å². The summed E-state index contributed by atoms with van der Waals surface area (Å²) in [4.78, 5) is 4.17. The molecule has 0 atom stereocenters. The zero-order valence-corrected chi connectivity index (χ0v) is 9.73. The van der Waals surface area contributed by atoms with Gasteiger partial charge >= 0.3 is 0 Å². The maximum atomic E-state index is 6.09. The summed E-state index contributed by atoms with van der Waals surface area (Å²) in [6, 6.07) is 8.18. The fourth-order valence-electron chi connectivity index (χ4n) is 2.28. The summed E-state index contributed by atoms with van der Waals surface area (Å²) in [6.07, 6.45) is 6.19. The van der Waals surface area contributed by atoms with Crippen molar-refractivity contribution in [3.63, 3.8) is 0 Å². The van der Waals surface area contributed by atoms with E-state index in [1.54, 1.807) is 0 Å². The predicted octanol–water partition coefficient (Wildman–Crippen LogP) is 2.37. The van der Waals surface area contributed by atoms with Crippen LogP contribution in [0.1, 0.15) is 12.8 Å². The minimum absolute atomic E-state index is 0.335. The third-order valence-electron chi connectivity index (χ3n) is 3.22. The molecule has 3 rings (SSSR count). The number of piperidine rings is 1. The zero-order valence-electron chi connectivity index (χ0n) is 9.73. The molecule has 0 unspecified atom stereocenters. The Bertz CT molecular complexity index is 501. The quantitative estimate of drug-likeness (QED) is 0.856. The van der Waals surface area contributed by atoms with Gasteiger partial charge in [0.1, 0.15) is 11.9 Å². The molecule has 1 aliphatic rings. The molecule has 1 fully saturated rings. The molecule has 17 heavy (non-hydrogen) atoms. The highest BCUT2D eigenvalue weighted by molar-refractivity contribution is 5.87. The lowest BCUT2D eigenvalue weighted by molar-refractivity contribution is 0.164. The van der Waals surface area contributed by atoms with Gasteiger partial charge in [-0.1, -0.05) is 12.1 Å². The first kappa shape index (κ1) is 10.5. The third kappa shape index (κ3) is 2.24. The first-order chi connectivity index (χ1) is 8.43. The summed E-state index contributed by atoms with van der Waals surface area (Å²) in [5, 5.41) is 5.64. The van der Waals surface area contributed by atoms with Gasteiger partial charge < -0.3 is 10.1 Å². The average molecular weight is 228 g/mol. The van der Waals surface area contributed by atoms with Gasteiger partial charge in [-0.25, -0.2) is 0 Å². The summed E-state index contributed by atoms with van der Waals surface area (Å²) in [7, 11) is 0. The van der Waals surface area contributed by atoms with Crippen LogP contribution in [0.4, 0.5) is 0 Å². The monoisotopic (exact) mass is 228 g/mol. The van der Waals surface area contributed by atoms with Gasteiger partial charge in [-0.2, -0.15) is 0 Å². The molecule has 3 heteroatoms. The molecule has 3 nitrogen and oxygen atoms in total. The lowest BCUT2D eigenvalue weighted by Crippen LogP contribution is -2.34. The summed E-state index contributed by atoms with van der Waals surface area (Å²) < 4.78 is 6.09. The van der Waals surface area contributed by atoms with Gasteiger partial charge in [-0.3, -0.25) is 4.98 Å². The van der Waals surface area contributed by atoms with E-state index in [0.29, 0.717) is 6.10 Å². The van der Waals surface area contributed by atoms with E-state index in [1.807, 2.05) is 30.6 Å². The smallest absolute Gasteiger partial charge is 0.129 e. The van der Waals surface area contributed by atoms with Crippen molar-refractivity contribution in [3.05, 3.63) is 36.7 Å². The molecule has 1 aliphatic heterocycles. The summed E-state index contributed by atoms with van der Waals surface area (Å²) in [6.45, 7) is 2.10. The number of ether oxygens (including phenoxy) is 1. The van der Waals surface area contributed by atoms with Gasteiger partial charge in [0.05, 0.1) is 0 Å². The van der Waals surface area contributed by atoms with Crippen LogP contribution in [0.2, 0.25) is 0 Å². The SMILES string of the molecule is c1cc(OC2CCNCC2)c2cnccc2c1. The minimum Gasteiger partial charge on any atom is -0.490 e. The maximum Gasteiger partial charge on any atom is 0.129 e. The van der Waals surface area contributed by atoms with Crippen molar-refractivity contribution < 1.29 is 4.74 Å². The first-order valence-corrected chi connectivity index (χ1v) is 6.13. The Hall–Kier alpha value is -1.61. The Morgan fingerprint density at radius 3 is 2.94 bits per heavy atom. The lowest BCUT2D eigenvalue weighted by Gasteiger charge is -2.24. The molecular weight excluding hydrogens is 212 g/mol. The Labute approximate surface area is 101 Å². The van der Waals surface area contributed by atoms with Crippen LogP contribution in [0.3, 0.4) is 0 Å². The number of hydrogen-bond donors (Lipinski definition) is 1. The van der Waals surface area contributed by atoms with Crippen molar-refractivity contribution in [1.29, 1.82) is 0 Å². The second-order valence-electron chi connectivity index (χ2n) is 4.42. The molecule has 0 saturated carbocycles. The molecule has 88 valence electrons. The maximum absolute atomic E-state index is 6.09. The van der Waals surface area contributed by atoms with Crippen LogP contribution in [-0.2, 0) is 0 Å². The van der Waals surface area contributed by atoms with E-state index < -0.39 is 0 Å². The topological polar surface area (TPSA) is 34.1 Å². The fourth-order valence-corrected chi connectivity index (χ4v) is 2.28. The molecule has 0 radical (unpaired) electrons. The van der Waals surface area contributed by atoms with E-state index in [-0.39, 0.29) is 0 Å². The largest absolute Gasteiger partial charge is 0.490 e. The average Bonchev–Trinajstić information content (AvgIpc) is 2.40. The van der Waals surface area contributed by atoms with Crippen molar-refractivity contribution in [2.45, 2.75) is 18.9 Å². The molecule has 0 spiro atoms. The summed E-state index contributed by atoms with van der Waals surface area (Å²) in [5.74, 6) is 0.961. The van der Waals surface area contributed by atoms with E-state index >= 15 is 0 Å². The molecule has 2 heterocycles. The van der Waals surface area contributed by atoms with Crippen molar-refractivity contribution in [1.82, 2.24) is 10.3 Å².